The monoisotopic (exact) mass is 385 g/mol. The van der Waals surface area contributed by atoms with Crippen LogP contribution in [0.25, 0.3) is 0 Å². The Morgan fingerprint density at radius 2 is 1.81 bits per heavy atom. The van der Waals surface area contributed by atoms with Crippen LogP contribution in [-0.4, -0.2) is 65.9 Å². The lowest BCUT2D eigenvalue weighted by Crippen LogP contribution is -2.47. The summed E-state index contributed by atoms with van der Waals surface area (Å²) >= 11 is 0. The molecule has 2 fully saturated rings. The van der Waals surface area contributed by atoms with E-state index in [1.54, 1.807) is 18.7 Å². The van der Waals surface area contributed by atoms with Gasteiger partial charge in [-0.3, -0.25) is 9.59 Å². The highest BCUT2D eigenvalue weighted by Crippen LogP contribution is 2.36. The lowest BCUT2D eigenvalue weighted by molar-refractivity contribution is -0.156. The Labute approximate surface area is 152 Å². The fraction of sp³-hybridized carbons (Fsp3) is 0.688. The van der Waals surface area contributed by atoms with Crippen LogP contribution in [0, 0.1) is 25.7 Å². The van der Waals surface area contributed by atoms with Gasteiger partial charge in [0.15, 0.2) is 5.76 Å². The van der Waals surface area contributed by atoms with Gasteiger partial charge in [-0.25, -0.2) is 8.42 Å². The third-order valence-corrected chi connectivity index (χ3v) is 7.38. The van der Waals surface area contributed by atoms with E-state index in [-0.39, 0.29) is 29.7 Å². The van der Waals surface area contributed by atoms with Crippen LogP contribution in [0.4, 0.5) is 0 Å². The quantitative estimate of drug-likeness (QED) is 0.806. The highest BCUT2D eigenvalue weighted by Gasteiger charge is 2.43. The summed E-state index contributed by atoms with van der Waals surface area (Å²) in [5.41, 5.74) is 0.318. The third kappa shape index (κ3) is 3.23. The number of hydrogen-bond donors (Lipinski definition) is 1. The maximum Gasteiger partial charge on any atom is 0.307 e. The van der Waals surface area contributed by atoms with Crippen molar-refractivity contribution in [2.75, 3.05) is 26.2 Å². The number of amides is 1. The van der Waals surface area contributed by atoms with E-state index in [1.807, 2.05) is 0 Å². The number of carbonyl (C=O) groups excluding carboxylic acids is 1. The zero-order valence-electron chi connectivity index (χ0n) is 14.8. The van der Waals surface area contributed by atoms with Gasteiger partial charge in [-0.2, -0.15) is 4.31 Å². The van der Waals surface area contributed by atoms with E-state index in [0.29, 0.717) is 38.0 Å². The number of carboxylic acids is 1. The molecule has 1 saturated carbocycles. The van der Waals surface area contributed by atoms with E-state index in [1.165, 1.54) is 4.31 Å². The Hall–Kier alpha value is -1.94. The molecule has 1 aromatic heterocycles. The molecule has 1 amide bonds. The molecule has 0 aromatic carbocycles. The van der Waals surface area contributed by atoms with E-state index in [0.717, 1.165) is 0 Å². The number of aromatic nitrogens is 1. The summed E-state index contributed by atoms with van der Waals surface area (Å²) in [5, 5.41) is 12.8. The molecule has 2 aliphatic rings. The molecule has 1 aliphatic carbocycles. The molecule has 1 saturated heterocycles. The van der Waals surface area contributed by atoms with E-state index in [9.17, 15) is 18.0 Å². The van der Waals surface area contributed by atoms with Crippen LogP contribution in [-0.2, 0) is 19.6 Å². The third-order valence-electron chi connectivity index (χ3n) is 5.24. The van der Waals surface area contributed by atoms with Gasteiger partial charge in [-0.05, 0) is 33.1 Å². The molecule has 1 N–H and O–H groups in total. The van der Waals surface area contributed by atoms with Gasteiger partial charge in [0.25, 0.3) is 0 Å². The van der Waals surface area contributed by atoms with Crippen molar-refractivity contribution in [3.05, 3.63) is 11.5 Å². The summed E-state index contributed by atoms with van der Waals surface area (Å²) in [5.74, 6) is -1.98. The van der Waals surface area contributed by atoms with Crippen LogP contribution in [0.5, 0.6) is 0 Å². The minimum Gasteiger partial charge on any atom is -0.481 e. The maximum atomic E-state index is 12.9. The summed E-state index contributed by atoms with van der Waals surface area (Å²) < 4.78 is 32.1. The molecule has 144 valence electrons. The van der Waals surface area contributed by atoms with Crippen molar-refractivity contribution < 1.29 is 27.6 Å². The first kappa shape index (κ1) is 18.8. The molecule has 9 nitrogen and oxygen atoms in total. The van der Waals surface area contributed by atoms with Crippen LogP contribution < -0.4 is 0 Å². The zero-order chi connectivity index (χ0) is 19.1. The first-order valence-corrected chi connectivity index (χ1v) is 10.1. The smallest absolute Gasteiger partial charge is 0.307 e. The highest BCUT2D eigenvalue weighted by molar-refractivity contribution is 7.89. The Kier molecular flexibility index (Phi) is 5.07. The lowest BCUT2D eigenvalue weighted by Gasteiger charge is -2.36. The van der Waals surface area contributed by atoms with Crippen molar-refractivity contribution >= 4 is 21.9 Å². The second-order valence-corrected chi connectivity index (χ2v) is 8.74. The standard InChI is InChI=1S/C16H23N3O6S/c1-10-14(11(2)25-17-10)26(23,24)19-7-3-6-18(8-9-19)15(20)12-4-5-13(12)16(21)22/h12-13H,3-9H2,1-2H3,(H,21,22). The molecule has 2 atom stereocenters. The van der Waals surface area contributed by atoms with E-state index in [2.05, 4.69) is 5.16 Å². The molecule has 2 unspecified atom stereocenters. The van der Waals surface area contributed by atoms with E-state index in [4.69, 9.17) is 9.63 Å². The number of sulfonamides is 1. The van der Waals surface area contributed by atoms with Gasteiger partial charge in [-0.15, -0.1) is 0 Å². The molecular formula is C16H23N3O6S. The first-order chi connectivity index (χ1) is 12.2. The van der Waals surface area contributed by atoms with Crippen molar-refractivity contribution in [3.63, 3.8) is 0 Å². The van der Waals surface area contributed by atoms with E-state index < -0.39 is 27.8 Å². The Bertz CT molecular complexity index is 798. The molecule has 1 aliphatic heterocycles. The first-order valence-electron chi connectivity index (χ1n) is 8.68. The second kappa shape index (κ2) is 6.99. The van der Waals surface area contributed by atoms with Crippen LogP contribution in [0.15, 0.2) is 9.42 Å². The normalized spacial score (nSPS) is 24.8. The van der Waals surface area contributed by atoms with E-state index >= 15 is 0 Å². The Morgan fingerprint density at radius 3 is 2.35 bits per heavy atom. The highest BCUT2D eigenvalue weighted by atomic mass is 32.2. The number of aliphatic carboxylic acids is 1. The minimum absolute atomic E-state index is 0.0854. The van der Waals surface area contributed by atoms with Crippen LogP contribution in [0.3, 0.4) is 0 Å². The molecule has 0 bridgehead atoms. The number of rotatable bonds is 4. The topological polar surface area (TPSA) is 121 Å². The number of hydrogen-bond acceptors (Lipinski definition) is 6. The number of carbonyl (C=O) groups is 2. The molecule has 1 aromatic rings. The summed E-state index contributed by atoms with van der Waals surface area (Å²) in [6, 6.07) is 0. The fourth-order valence-corrected chi connectivity index (χ4v) is 5.41. The SMILES string of the molecule is Cc1noc(C)c1S(=O)(=O)N1CCCN(C(=O)C2CCC2C(=O)O)CC1. The Morgan fingerprint density at radius 1 is 1.12 bits per heavy atom. The van der Waals surface area contributed by atoms with Gasteiger partial charge in [0.2, 0.25) is 15.9 Å². The second-order valence-electron chi connectivity index (χ2n) is 6.86. The average Bonchev–Trinajstić information content (AvgIpc) is 2.73. The van der Waals surface area contributed by atoms with Crippen LogP contribution in [0.2, 0.25) is 0 Å². The summed E-state index contributed by atoms with van der Waals surface area (Å²) in [7, 11) is -3.74. The Balaban J connectivity index is 1.71. The molecule has 26 heavy (non-hydrogen) atoms. The number of carboxylic acid groups (broad SMARTS) is 1. The number of aryl methyl sites for hydroxylation is 2. The van der Waals surface area contributed by atoms with Gasteiger partial charge in [0.05, 0.1) is 11.8 Å². The van der Waals surface area contributed by atoms with Gasteiger partial charge in [0, 0.05) is 26.2 Å². The number of nitrogens with zero attached hydrogens (tertiary/aromatic N) is 3. The molecule has 2 heterocycles. The molecule has 10 heteroatoms. The minimum atomic E-state index is -3.74. The van der Waals surface area contributed by atoms with Crippen molar-refractivity contribution in [1.82, 2.24) is 14.4 Å². The average molecular weight is 385 g/mol. The molecule has 3 rings (SSSR count). The lowest BCUT2D eigenvalue weighted by atomic mass is 9.73. The van der Waals surface area contributed by atoms with Crippen molar-refractivity contribution in [2.45, 2.75) is 38.0 Å². The molecule has 0 radical (unpaired) electrons. The molecule has 0 spiro atoms. The van der Waals surface area contributed by atoms with Crippen molar-refractivity contribution in [1.29, 1.82) is 0 Å². The predicted molar refractivity (Wildman–Crippen MR) is 89.8 cm³/mol. The van der Waals surface area contributed by atoms with Gasteiger partial charge >= 0.3 is 5.97 Å². The fourth-order valence-electron chi connectivity index (χ4n) is 3.65. The summed E-state index contributed by atoms with van der Waals surface area (Å²) in [4.78, 5) is 25.4. The largest absolute Gasteiger partial charge is 0.481 e. The van der Waals surface area contributed by atoms with Crippen LogP contribution in [0.1, 0.15) is 30.7 Å². The van der Waals surface area contributed by atoms with Gasteiger partial charge < -0.3 is 14.5 Å². The summed E-state index contributed by atoms with van der Waals surface area (Å²) in [6.07, 6.45) is 1.60. The predicted octanol–water partition coefficient (Wildman–Crippen LogP) is 0.625. The van der Waals surface area contributed by atoms with Crippen molar-refractivity contribution in [2.24, 2.45) is 11.8 Å². The maximum absolute atomic E-state index is 12.9. The van der Waals surface area contributed by atoms with Crippen molar-refractivity contribution in [3.8, 4) is 0 Å². The summed E-state index contributed by atoms with van der Waals surface area (Å²) in [6.45, 7) is 4.29. The molecular weight excluding hydrogens is 362 g/mol. The van der Waals surface area contributed by atoms with Gasteiger partial charge in [-0.1, -0.05) is 5.16 Å². The van der Waals surface area contributed by atoms with Gasteiger partial charge in [0.1, 0.15) is 10.6 Å². The zero-order valence-corrected chi connectivity index (χ0v) is 15.7. The van der Waals surface area contributed by atoms with Crippen LogP contribution >= 0.6 is 0 Å².